The molecule has 1 heterocycles. The Labute approximate surface area is 95.8 Å². The van der Waals surface area contributed by atoms with Gasteiger partial charge in [-0.05, 0) is 39.0 Å². The highest BCUT2D eigenvalue weighted by Crippen LogP contribution is 2.28. The first kappa shape index (κ1) is 13.3. The SMILES string of the molecule is C[C@@H]1C[C@@H](C[C@@H](CO)NC(=O)O)C[C@H](C)O1. The summed E-state index contributed by atoms with van der Waals surface area (Å²) >= 11 is 0. The molecule has 3 N–H and O–H groups in total. The lowest BCUT2D eigenvalue weighted by molar-refractivity contribution is -0.0555. The quantitative estimate of drug-likeness (QED) is 0.679. The lowest BCUT2D eigenvalue weighted by atomic mass is 9.87. The van der Waals surface area contributed by atoms with Gasteiger partial charge in [-0.1, -0.05) is 0 Å². The van der Waals surface area contributed by atoms with Gasteiger partial charge in [-0.25, -0.2) is 4.79 Å². The van der Waals surface area contributed by atoms with Crippen molar-refractivity contribution in [1.82, 2.24) is 5.32 Å². The smallest absolute Gasteiger partial charge is 0.404 e. The first-order chi connectivity index (χ1) is 7.51. The molecule has 0 aromatic heterocycles. The van der Waals surface area contributed by atoms with Crippen LogP contribution in [0.1, 0.15) is 33.1 Å². The van der Waals surface area contributed by atoms with Crippen LogP contribution in [0.4, 0.5) is 4.79 Å². The van der Waals surface area contributed by atoms with Crippen molar-refractivity contribution in [3.8, 4) is 0 Å². The monoisotopic (exact) mass is 231 g/mol. The van der Waals surface area contributed by atoms with Gasteiger partial charge in [-0.3, -0.25) is 0 Å². The van der Waals surface area contributed by atoms with Crippen molar-refractivity contribution in [2.75, 3.05) is 6.61 Å². The van der Waals surface area contributed by atoms with E-state index in [1.165, 1.54) is 0 Å². The fourth-order valence-corrected chi connectivity index (χ4v) is 2.49. The van der Waals surface area contributed by atoms with E-state index in [2.05, 4.69) is 5.32 Å². The number of carbonyl (C=O) groups is 1. The molecule has 1 saturated heterocycles. The van der Waals surface area contributed by atoms with Crippen LogP contribution in [-0.2, 0) is 4.74 Å². The van der Waals surface area contributed by atoms with Crippen molar-refractivity contribution in [3.05, 3.63) is 0 Å². The zero-order valence-electron chi connectivity index (χ0n) is 9.85. The van der Waals surface area contributed by atoms with Crippen LogP contribution in [0.5, 0.6) is 0 Å². The predicted octanol–water partition coefficient (Wildman–Crippen LogP) is 1.21. The number of ether oxygens (including phenoxy) is 1. The maximum Gasteiger partial charge on any atom is 0.404 e. The molecule has 0 unspecified atom stereocenters. The summed E-state index contributed by atoms with van der Waals surface area (Å²) in [7, 11) is 0. The fourth-order valence-electron chi connectivity index (χ4n) is 2.49. The number of hydrogen-bond acceptors (Lipinski definition) is 3. The van der Waals surface area contributed by atoms with Crippen LogP contribution in [0.2, 0.25) is 0 Å². The van der Waals surface area contributed by atoms with Crippen molar-refractivity contribution in [2.45, 2.75) is 51.4 Å². The lowest BCUT2D eigenvalue weighted by Gasteiger charge is -2.33. The molecule has 1 amide bonds. The van der Waals surface area contributed by atoms with Gasteiger partial charge in [0.05, 0.1) is 24.9 Å². The summed E-state index contributed by atoms with van der Waals surface area (Å²) in [5.74, 6) is 0.419. The molecule has 1 rings (SSSR count). The summed E-state index contributed by atoms with van der Waals surface area (Å²) in [6, 6.07) is -0.361. The van der Waals surface area contributed by atoms with Gasteiger partial charge in [0.1, 0.15) is 0 Å². The first-order valence-corrected chi connectivity index (χ1v) is 5.77. The minimum atomic E-state index is -1.08. The number of hydrogen-bond donors (Lipinski definition) is 3. The van der Waals surface area contributed by atoms with Gasteiger partial charge in [0.2, 0.25) is 0 Å². The maximum atomic E-state index is 10.5. The molecule has 0 spiro atoms. The van der Waals surface area contributed by atoms with Gasteiger partial charge < -0.3 is 20.3 Å². The van der Waals surface area contributed by atoms with Gasteiger partial charge in [-0.15, -0.1) is 0 Å². The minimum Gasteiger partial charge on any atom is -0.465 e. The van der Waals surface area contributed by atoms with Crippen LogP contribution < -0.4 is 5.32 Å². The highest BCUT2D eigenvalue weighted by atomic mass is 16.5. The van der Waals surface area contributed by atoms with Crippen LogP contribution in [0.3, 0.4) is 0 Å². The van der Waals surface area contributed by atoms with Crippen LogP contribution in [0.25, 0.3) is 0 Å². The Morgan fingerprint density at radius 3 is 2.44 bits per heavy atom. The third-order valence-corrected chi connectivity index (χ3v) is 2.96. The van der Waals surface area contributed by atoms with Gasteiger partial charge >= 0.3 is 6.09 Å². The molecule has 4 atom stereocenters. The molecule has 0 aliphatic carbocycles. The number of rotatable bonds is 4. The van der Waals surface area contributed by atoms with Crippen LogP contribution in [0.15, 0.2) is 0 Å². The second kappa shape index (κ2) is 6.06. The van der Waals surface area contributed by atoms with Crippen molar-refractivity contribution in [2.24, 2.45) is 5.92 Å². The summed E-state index contributed by atoms with van der Waals surface area (Å²) < 4.78 is 5.61. The number of nitrogens with one attached hydrogen (secondary N) is 1. The highest BCUT2D eigenvalue weighted by molar-refractivity contribution is 5.64. The Balaban J connectivity index is 2.41. The Morgan fingerprint density at radius 2 is 2.00 bits per heavy atom. The highest BCUT2D eigenvalue weighted by Gasteiger charge is 2.26. The zero-order valence-corrected chi connectivity index (χ0v) is 9.85. The molecule has 16 heavy (non-hydrogen) atoms. The standard InChI is InChI=1S/C11H21NO4/c1-7-3-9(4-8(2)16-7)5-10(6-13)12-11(14)15/h7-10,12-13H,3-6H2,1-2H3,(H,14,15)/t7-,8+,9-,10-/m0/s1. The first-order valence-electron chi connectivity index (χ1n) is 5.77. The van der Waals surface area contributed by atoms with E-state index >= 15 is 0 Å². The Hall–Kier alpha value is -0.810. The molecule has 0 aromatic carbocycles. The summed E-state index contributed by atoms with van der Waals surface area (Å²) in [5, 5.41) is 20.0. The molecule has 0 saturated carbocycles. The molecule has 1 aliphatic heterocycles. The van der Waals surface area contributed by atoms with Crippen LogP contribution in [0, 0.1) is 5.92 Å². The molecular formula is C11H21NO4. The summed E-state index contributed by atoms with van der Waals surface area (Å²) in [4.78, 5) is 10.5. The second-order valence-electron chi connectivity index (χ2n) is 4.66. The molecule has 5 nitrogen and oxygen atoms in total. The van der Waals surface area contributed by atoms with E-state index in [9.17, 15) is 4.79 Å². The summed E-state index contributed by atoms with van der Waals surface area (Å²) in [6.45, 7) is 3.91. The third-order valence-electron chi connectivity index (χ3n) is 2.96. The molecule has 94 valence electrons. The molecule has 5 heteroatoms. The topological polar surface area (TPSA) is 78.8 Å². The molecule has 0 radical (unpaired) electrons. The number of amides is 1. The van der Waals surface area contributed by atoms with Crippen LogP contribution in [-0.4, -0.2) is 41.2 Å². The van der Waals surface area contributed by atoms with E-state index in [-0.39, 0.29) is 24.9 Å². The normalized spacial score (nSPS) is 32.1. The van der Waals surface area contributed by atoms with Crippen LogP contribution >= 0.6 is 0 Å². The number of aliphatic hydroxyl groups is 1. The Bertz CT molecular complexity index is 224. The average molecular weight is 231 g/mol. The van der Waals surface area contributed by atoms with Gasteiger partial charge in [0.25, 0.3) is 0 Å². The summed E-state index contributed by atoms with van der Waals surface area (Å²) in [6.07, 6.45) is 1.91. The van der Waals surface area contributed by atoms with E-state index in [1.807, 2.05) is 13.8 Å². The van der Waals surface area contributed by atoms with E-state index in [0.717, 1.165) is 12.8 Å². The largest absolute Gasteiger partial charge is 0.465 e. The van der Waals surface area contributed by atoms with Crippen molar-refractivity contribution < 1.29 is 19.7 Å². The van der Waals surface area contributed by atoms with Crippen molar-refractivity contribution in [1.29, 1.82) is 0 Å². The van der Waals surface area contributed by atoms with Crippen molar-refractivity contribution in [3.63, 3.8) is 0 Å². The Kier molecular flexibility index (Phi) is 5.02. The number of aliphatic hydroxyl groups excluding tert-OH is 1. The second-order valence-corrected chi connectivity index (χ2v) is 4.66. The average Bonchev–Trinajstić information content (AvgIpc) is 2.14. The molecular weight excluding hydrogens is 210 g/mol. The molecule has 1 aliphatic rings. The number of carboxylic acid groups (broad SMARTS) is 1. The van der Waals surface area contributed by atoms with Gasteiger partial charge in [-0.2, -0.15) is 0 Å². The van der Waals surface area contributed by atoms with Crippen molar-refractivity contribution >= 4 is 6.09 Å². The molecule has 1 fully saturated rings. The Morgan fingerprint density at radius 1 is 1.44 bits per heavy atom. The molecule has 0 aromatic rings. The third kappa shape index (κ3) is 4.37. The fraction of sp³-hybridized carbons (Fsp3) is 0.909. The predicted molar refractivity (Wildman–Crippen MR) is 59.4 cm³/mol. The van der Waals surface area contributed by atoms with E-state index in [0.29, 0.717) is 12.3 Å². The van der Waals surface area contributed by atoms with E-state index in [1.54, 1.807) is 0 Å². The minimum absolute atomic E-state index is 0.146. The molecule has 0 bridgehead atoms. The maximum absolute atomic E-state index is 10.5. The van der Waals surface area contributed by atoms with Gasteiger partial charge in [0.15, 0.2) is 0 Å². The summed E-state index contributed by atoms with van der Waals surface area (Å²) in [5.41, 5.74) is 0. The van der Waals surface area contributed by atoms with Gasteiger partial charge in [0, 0.05) is 0 Å². The van der Waals surface area contributed by atoms with E-state index in [4.69, 9.17) is 14.9 Å². The lowest BCUT2D eigenvalue weighted by Crippen LogP contribution is -2.40. The zero-order chi connectivity index (χ0) is 12.1. The van der Waals surface area contributed by atoms with E-state index < -0.39 is 6.09 Å².